The van der Waals surface area contributed by atoms with E-state index in [-0.39, 0.29) is 11.9 Å². The molecular formula is C14H21N3OS. The molecule has 0 aliphatic carbocycles. The molecular weight excluding hydrogens is 258 g/mol. The molecule has 3 N–H and O–H groups in total. The highest BCUT2D eigenvalue weighted by atomic mass is 32.2. The highest BCUT2D eigenvalue weighted by Gasteiger charge is 2.18. The molecule has 1 aliphatic heterocycles. The van der Waals surface area contributed by atoms with Crippen molar-refractivity contribution < 1.29 is 4.79 Å². The first-order valence-electron chi connectivity index (χ1n) is 6.63. The summed E-state index contributed by atoms with van der Waals surface area (Å²) in [5, 5.41) is 2.92. The van der Waals surface area contributed by atoms with Gasteiger partial charge in [-0.05, 0) is 32.0 Å². The number of amides is 1. The molecule has 2 rings (SSSR count). The third kappa shape index (κ3) is 3.80. The summed E-state index contributed by atoms with van der Waals surface area (Å²) >= 11 is 1.85. The van der Waals surface area contributed by atoms with Gasteiger partial charge in [0.25, 0.3) is 0 Å². The molecule has 1 amide bonds. The molecule has 0 bridgehead atoms. The smallest absolute Gasteiger partial charge is 0.221 e. The number of hydrogen-bond acceptors (Lipinski definition) is 4. The van der Waals surface area contributed by atoms with E-state index in [0.29, 0.717) is 6.42 Å². The van der Waals surface area contributed by atoms with Crippen LogP contribution in [0, 0.1) is 0 Å². The standard InChI is InChI=1S/C14H21N3OS/c1-10(2)16-14(18)5-6-17-7-8-19-13-4-3-11(15)9-12(13)17/h3-4,9-10H,5-8,15H2,1-2H3,(H,16,18). The largest absolute Gasteiger partial charge is 0.399 e. The molecule has 0 spiro atoms. The van der Waals surface area contributed by atoms with E-state index in [1.54, 1.807) is 0 Å². The normalized spacial score (nSPS) is 14.4. The minimum absolute atomic E-state index is 0.110. The van der Waals surface area contributed by atoms with Gasteiger partial charge in [-0.15, -0.1) is 11.8 Å². The fourth-order valence-corrected chi connectivity index (χ4v) is 3.18. The number of benzene rings is 1. The first-order chi connectivity index (χ1) is 9.06. The lowest BCUT2D eigenvalue weighted by molar-refractivity contribution is -0.121. The molecule has 0 unspecified atom stereocenters. The number of carbonyl (C=O) groups is 1. The Morgan fingerprint density at radius 2 is 2.32 bits per heavy atom. The maximum atomic E-state index is 11.7. The molecule has 5 heteroatoms. The topological polar surface area (TPSA) is 58.4 Å². The Morgan fingerprint density at radius 1 is 1.53 bits per heavy atom. The third-order valence-electron chi connectivity index (χ3n) is 3.00. The molecule has 0 saturated carbocycles. The second-order valence-corrected chi connectivity index (χ2v) is 6.17. The number of anilines is 2. The monoisotopic (exact) mass is 279 g/mol. The summed E-state index contributed by atoms with van der Waals surface area (Å²) in [6, 6.07) is 6.20. The van der Waals surface area contributed by atoms with Gasteiger partial charge >= 0.3 is 0 Å². The zero-order valence-electron chi connectivity index (χ0n) is 11.5. The van der Waals surface area contributed by atoms with Crippen molar-refractivity contribution in [1.29, 1.82) is 0 Å². The van der Waals surface area contributed by atoms with Gasteiger partial charge in [-0.3, -0.25) is 4.79 Å². The van der Waals surface area contributed by atoms with Gasteiger partial charge in [0.2, 0.25) is 5.91 Å². The number of nitrogens with zero attached hydrogens (tertiary/aromatic N) is 1. The van der Waals surface area contributed by atoms with E-state index < -0.39 is 0 Å². The summed E-state index contributed by atoms with van der Waals surface area (Å²) in [5.41, 5.74) is 7.79. The summed E-state index contributed by atoms with van der Waals surface area (Å²) < 4.78 is 0. The fraction of sp³-hybridized carbons (Fsp3) is 0.500. The van der Waals surface area contributed by atoms with E-state index in [0.717, 1.165) is 30.2 Å². The summed E-state index contributed by atoms with van der Waals surface area (Å²) in [5.74, 6) is 1.17. The van der Waals surface area contributed by atoms with Crippen molar-refractivity contribution in [1.82, 2.24) is 5.32 Å². The average Bonchev–Trinajstić information content (AvgIpc) is 2.35. The molecule has 0 radical (unpaired) electrons. The first-order valence-corrected chi connectivity index (χ1v) is 7.61. The van der Waals surface area contributed by atoms with E-state index in [1.165, 1.54) is 4.90 Å². The van der Waals surface area contributed by atoms with E-state index in [2.05, 4.69) is 16.3 Å². The van der Waals surface area contributed by atoms with Gasteiger partial charge in [0.05, 0.1) is 5.69 Å². The second kappa shape index (κ2) is 6.19. The number of nitrogen functional groups attached to an aromatic ring is 1. The van der Waals surface area contributed by atoms with Crippen LogP contribution in [0.4, 0.5) is 11.4 Å². The number of carbonyl (C=O) groups excluding carboxylic acids is 1. The summed E-state index contributed by atoms with van der Waals surface area (Å²) in [6.45, 7) is 5.67. The number of nitrogens with two attached hydrogens (primary N) is 1. The van der Waals surface area contributed by atoms with Crippen molar-refractivity contribution in [3.63, 3.8) is 0 Å². The van der Waals surface area contributed by atoms with Crippen molar-refractivity contribution in [2.45, 2.75) is 31.2 Å². The van der Waals surface area contributed by atoms with Crippen LogP contribution in [-0.2, 0) is 4.79 Å². The highest BCUT2D eigenvalue weighted by Crippen LogP contribution is 2.35. The number of fused-ring (bicyclic) bond motifs is 1. The van der Waals surface area contributed by atoms with Gasteiger partial charge in [-0.25, -0.2) is 0 Å². The Balaban J connectivity index is 1.99. The van der Waals surface area contributed by atoms with E-state index >= 15 is 0 Å². The molecule has 0 fully saturated rings. The van der Waals surface area contributed by atoms with Gasteiger partial charge < -0.3 is 16.0 Å². The Hall–Kier alpha value is -1.36. The van der Waals surface area contributed by atoms with Crippen LogP contribution in [0.2, 0.25) is 0 Å². The molecule has 0 atom stereocenters. The molecule has 104 valence electrons. The predicted molar refractivity (Wildman–Crippen MR) is 81.7 cm³/mol. The average molecular weight is 279 g/mol. The summed E-state index contributed by atoms with van der Waals surface area (Å²) in [7, 11) is 0. The Kier molecular flexibility index (Phi) is 4.58. The molecule has 1 aliphatic rings. The van der Waals surface area contributed by atoms with Gasteiger partial charge in [-0.2, -0.15) is 0 Å². The van der Waals surface area contributed by atoms with Crippen LogP contribution < -0.4 is 16.0 Å². The second-order valence-electron chi connectivity index (χ2n) is 5.03. The van der Waals surface area contributed by atoms with Crippen LogP contribution in [0.5, 0.6) is 0 Å². The van der Waals surface area contributed by atoms with Gasteiger partial charge in [0.15, 0.2) is 0 Å². The van der Waals surface area contributed by atoms with Crippen LogP contribution in [0.1, 0.15) is 20.3 Å². The molecule has 1 aromatic rings. The maximum Gasteiger partial charge on any atom is 0.221 e. The lowest BCUT2D eigenvalue weighted by Gasteiger charge is -2.31. The number of thioether (sulfide) groups is 1. The third-order valence-corrected chi connectivity index (χ3v) is 4.04. The van der Waals surface area contributed by atoms with Crippen molar-refractivity contribution in [3.8, 4) is 0 Å². The van der Waals surface area contributed by atoms with Crippen LogP contribution in [-0.4, -0.2) is 30.8 Å². The molecule has 19 heavy (non-hydrogen) atoms. The molecule has 4 nitrogen and oxygen atoms in total. The number of hydrogen-bond donors (Lipinski definition) is 2. The Morgan fingerprint density at radius 3 is 3.05 bits per heavy atom. The first kappa shape index (κ1) is 14.1. The van der Waals surface area contributed by atoms with Gasteiger partial charge in [0.1, 0.15) is 0 Å². The quantitative estimate of drug-likeness (QED) is 0.829. The summed E-state index contributed by atoms with van der Waals surface area (Å²) in [4.78, 5) is 15.2. The van der Waals surface area contributed by atoms with Crippen molar-refractivity contribution in [2.24, 2.45) is 0 Å². The molecule has 0 saturated heterocycles. The lowest BCUT2D eigenvalue weighted by Crippen LogP contribution is -2.36. The van der Waals surface area contributed by atoms with Crippen molar-refractivity contribution >= 4 is 29.0 Å². The van der Waals surface area contributed by atoms with Gasteiger partial charge in [0, 0.05) is 41.9 Å². The lowest BCUT2D eigenvalue weighted by atomic mass is 10.2. The summed E-state index contributed by atoms with van der Waals surface area (Å²) in [6.07, 6.45) is 0.525. The molecule has 0 aromatic heterocycles. The maximum absolute atomic E-state index is 11.7. The Bertz CT molecular complexity index is 462. The van der Waals surface area contributed by atoms with Crippen molar-refractivity contribution in [3.05, 3.63) is 18.2 Å². The van der Waals surface area contributed by atoms with Gasteiger partial charge in [-0.1, -0.05) is 0 Å². The predicted octanol–water partition coefficient (Wildman–Crippen LogP) is 2.10. The zero-order valence-corrected chi connectivity index (χ0v) is 12.3. The minimum Gasteiger partial charge on any atom is -0.399 e. The minimum atomic E-state index is 0.110. The number of nitrogens with one attached hydrogen (secondary N) is 1. The SMILES string of the molecule is CC(C)NC(=O)CCN1CCSc2ccc(N)cc21. The van der Waals surface area contributed by atoms with Crippen LogP contribution in [0.15, 0.2) is 23.1 Å². The van der Waals surface area contributed by atoms with Crippen molar-refractivity contribution in [2.75, 3.05) is 29.5 Å². The van der Waals surface area contributed by atoms with Crippen LogP contribution in [0.3, 0.4) is 0 Å². The molecule has 1 heterocycles. The fourth-order valence-electron chi connectivity index (χ4n) is 2.15. The highest BCUT2D eigenvalue weighted by molar-refractivity contribution is 7.99. The van der Waals surface area contributed by atoms with Crippen LogP contribution >= 0.6 is 11.8 Å². The zero-order chi connectivity index (χ0) is 13.8. The van der Waals surface area contributed by atoms with Crippen LogP contribution in [0.25, 0.3) is 0 Å². The van der Waals surface area contributed by atoms with E-state index in [4.69, 9.17) is 5.73 Å². The molecule has 1 aromatic carbocycles. The van der Waals surface area contributed by atoms with E-state index in [9.17, 15) is 4.79 Å². The van der Waals surface area contributed by atoms with E-state index in [1.807, 2.05) is 37.7 Å². The number of rotatable bonds is 4. The Labute approximate surface area is 118 Å².